The van der Waals surface area contributed by atoms with E-state index < -0.39 is 17.2 Å². The molecule has 1 N–H and O–H groups in total. The Morgan fingerprint density at radius 2 is 1.93 bits per heavy atom. The summed E-state index contributed by atoms with van der Waals surface area (Å²) >= 11 is 8.08. The summed E-state index contributed by atoms with van der Waals surface area (Å²) in [6.07, 6.45) is 0. The highest BCUT2D eigenvalue weighted by atomic mass is 35.5. The number of amides is 1. The van der Waals surface area contributed by atoms with E-state index in [0.29, 0.717) is 20.9 Å². The van der Waals surface area contributed by atoms with Gasteiger partial charge in [-0.1, -0.05) is 29.4 Å². The molecular weight excluding hydrogens is 452 g/mol. The molecule has 0 spiro atoms. The predicted octanol–water partition coefficient (Wildman–Crippen LogP) is 5.11. The number of carbonyl (C=O) groups excluding carboxylic acids is 1. The van der Waals surface area contributed by atoms with Gasteiger partial charge >= 0.3 is 0 Å². The Bertz CT molecular complexity index is 1300. The number of hydrogen-bond donors (Lipinski definition) is 1. The van der Waals surface area contributed by atoms with E-state index in [1.807, 2.05) is 0 Å². The number of anilines is 1. The molecule has 2 heterocycles. The molecule has 152 valence electrons. The van der Waals surface area contributed by atoms with E-state index in [1.165, 1.54) is 11.3 Å². The number of benzene rings is 2. The molecule has 4 aromatic rings. The van der Waals surface area contributed by atoms with Crippen LogP contribution in [0.4, 0.5) is 14.5 Å². The van der Waals surface area contributed by atoms with E-state index in [4.69, 9.17) is 11.6 Å². The summed E-state index contributed by atoms with van der Waals surface area (Å²) in [7, 11) is 0. The van der Waals surface area contributed by atoms with E-state index >= 15 is 0 Å². The second-order valence-corrected chi connectivity index (χ2v) is 8.44. The minimum absolute atomic E-state index is 0.00181. The highest BCUT2D eigenvalue weighted by Gasteiger charge is 2.17. The first-order valence-corrected chi connectivity index (χ1v) is 10.8. The molecule has 0 aliphatic heterocycles. The number of fused-ring (bicyclic) bond motifs is 1. The van der Waals surface area contributed by atoms with Crippen molar-refractivity contribution in [2.45, 2.75) is 5.16 Å². The number of aromatic nitrogens is 2. The van der Waals surface area contributed by atoms with Crippen molar-refractivity contribution in [3.63, 3.8) is 0 Å². The van der Waals surface area contributed by atoms with Gasteiger partial charge in [0.25, 0.3) is 5.56 Å². The van der Waals surface area contributed by atoms with Gasteiger partial charge < -0.3 is 5.32 Å². The third-order valence-corrected chi connectivity index (χ3v) is 6.06. The maximum Gasteiger partial charge on any atom is 0.276 e. The SMILES string of the molecule is O=C(CSc1nc2ccsc2c(=O)n1-c1cc(F)cc(F)c1)Nc1cccc(Cl)c1. The average Bonchev–Trinajstić information content (AvgIpc) is 3.14. The zero-order valence-electron chi connectivity index (χ0n) is 15.1. The number of nitrogens with zero attached hydrogens (tertiary/aromatic N) is 2. The van der Waals surface area contributed by atoms with Crippen LogP contribution in [0.3, 0.4) is 0 Å². The number of thiophene rings is 1. The van der Waals surface area contributed by atoms with Crippen molar-refractivity contribution in [2.75, 3.05) is 11.1 Å². The lowest BCUT2D eigenvalue weighted by molar-refractivity contribution is -0.113. The molecule has 10 heteroatoms. The molecule has 0 saturated carbocycles. The van der Waals surface area contributed by atoms with Crippen molar-refractivity contribution in [3.05, 3.63) is 80.9 Å². The van der Waals surface area contributed by atoms with Gasteiger partial charge in [-0.05, 0) is 41.8 Å². The number of halogens is 3. The molecule has 0 fully saturated rings. The molecule has 0 aliphatic rings. The van der Waals surface area contributed by atoms with Gasteiger partial charge in [-0.25, -0.2) is 13.8 Å². The van der Waals surface area contributed by atoms with Crippen molar-refractivity contribution in [2.24, 2.45) is 0 Å². The lowest BCUT2D eigenvalue weighted by Crippen LogP contribution is -2.22. The fourth-order valence-corrected chi connectivity index (χ4v) is 4.54. The summed E-state index contributed by atoms with van der Waals surface area (Å²) in [6, 6.07) is 11.2. The van der Waals surface area contributed by atoms with E-state index in [9.17, 15) is 18.4 Å². The first-order chi connectivity index (χ1) is 14.4. The van der Waals surface area contributed by atoms with Crippen LogP contribution < -0.4 is 10.9 Å². The molecule has 0 bridgehead atoms. The normalized spacial score (nSPS) is 11.0. The average molecular weight is 464 g/mol. The topological polar surface area (TPSA) is 64.0 Å². The van der Waals surface area contributed by atoms with Crippen LogP contribution in [0.2, 0.25) is 5.02 Å². The van der Waals surface area contributed by atoms with Gasteiger partial charge in [0.1, 0.15) is 16.3 Å². The summed E-state index contributed by atoms with van der Waals surface area (Å²) in [5.74, 6) is -2.07. The zero-order valence-corrected chi connectivity index (χ0v) is 17.5. The third kappa shape index (κ3) is 4.38. The number of nitrogens with one attached hydrogen (secondary N) is 1. The highest BCUT2D eigenvalue weighted by molar-refractivity contribution is 7.99. The van der Waals surface area contributed by atoms with Crippen LogP contribution in [0.1, 0.15) is 0 Å². The largest absolute Gasteiger partial charge is 0.325 e. The van der Waals surface area contributed by atoms with E-state index in [1.54, 1.807) is 35.7 Å². The minimum Gasteiger partial charge on any atom is -0.325 e. The summed E-state index contributed by atoms with van der Waals surface area (Å²) in [5, 5.41) is 5.03. The van der Waals surface area contributed by atoms with E-state index in [2.05, 4.69) is 10.3 Å². The molecule has 1 amide bonds. The van der Waals surface area contributed by atoms with Crippen molar-refractivity contribution in [3.8, 4) is 5.69 Å². The van der Waals surface area contributed by atoms with Crippen LogP contribution in [0, 0.1) is 11.6 Å². The second kappa shape index (κ2) is 8.55. The van der Waals surface area contributed by atoms with Crippen LogP contribution in [0.25, 0.3) is 15.9 Å². The Morgan fingerprint density at radius 3 is 2.67 bits per heavy atom. The lowest BCUT2D eigenvalue weighted by atomic mass is 10.3. The molecule has 30 heavy (non-hydrogen) atoms. The van der Waals surface area contributed by atoms with Gasteiger partial charge in [-0.15, -0.1) is 11.3 Å². The Labute approximate surface area is 182 Å². The van der Waals surface area contributed by atoms with Gasteiger partial charge in [-0.3, -0.25) is 14.2 Å². The van der Waals surface area contributed by atoms with Crippen LogP contribution in [0.5, 0.6) is 0 Å². The Morgan fingerprint density at radius 1 is 1.17 bits per heavy atom. The fraction of sp³-hybridized carbons (Fsp3) is 0.0500. The first-order valence-electron chi connectivity index (χ1n) is 8.55. The molecule has 0 unspecified atom stereocenters. The van der Waals surface area contributed by atoms with Crippen molar-refractivity contribution in [1.29, 1.82) is 0 Å². The van der Waals surface area contributed by atoms with Crippen molar-refractivity contribution in [1.82, 2.24) is 9.55 Å². The molecular formula is C20H12ClF2N3O2S2. The Hall–Kier alpha value is -2.75. The summed E-state index contributed by atoms with van der Waals surface area (Å²) in [5.41, 5.74) is 0.519. The Kier molecular flexibility index (Phi) is 5.85. The number of hydrogen-bond acceptors (Lipinski definition) is 5. The zero-order chi connectivity index (χ0) is 21.3. The quantitative estimate of drug-likeness (QED) is 0.330. The predicted molar refractivity (Wildman–Crippen MR) is 116 cm³/mol. The monoisotopic (exact) mass is 463 g/mol. The van der Waals surface area contributed by atoms with Crippen molar-refractivity contribution >= 4 is 56.5 Å². The standard InChI is InChI=1S/C20H12ClF2N3O2S2/c21-11-2-1-3-14(6-11)24-17(27)10-30-20-25-16-4-5-29-18(16)19(28)26(20)15-8-12(22)7-13(23)9-15/h1-9H,10H2,(H,24,27). The molecule has 2 aromatic heterocycles. The van der Waals surface area contributed by atoms with Crippen LogP contribution in [0.15, 0.2) is 63.9 Å². The maximum absolute atomic E-state index is 13.8. The molecule has 0 radical (unpaired) electrons. The first kappa shape index (κ1) is 20.5. The number of thioether (sulfide) groups is 1. The molecule has 5 nitrogen and oxygen atoms in total. The van der Waals surface area contributed by atoms with Crippen molar-refractivity contribution < 1.29 is 13.6 Å². The van der Waals surface area contributed by atoms with Gasteiger partial charge in [0.05, 0.1) is 17.0 Å². The summed E-state index contributed by atoms with van der Waals surface area (Å²) < 4.78 is 29.0. The maximum atomic E-state index is 13.8. The minimum atomic E-state index is -0.821. The summed E-state index contributed by atoms with van der Waals surface area (Å²) in [4.78, 5) is 29.7. The Balaban J connectivity index is 1.67. The number of carbonyl (C=O) groups is 1. The van der Waals surface area contributed by atoms with E-state index in [0.717, 1.165) is 34.5 Å². The van der Waals surface area contributed by atoms with Crippen LogP contribution >= 0.6 is 34.7 Å². The molecule has 0 saturated heterocycles. The third-order valence-electron chi connectivity index (χ3n) is 4.00. The lowest BCUT2D eigenvalue weighted by Gasteiger charge is -2.12. The highest BCUT2D eigenvalue weighted by Crippen LogP contribution is 2.25. The van der Waals surface area contributed by atoms with Gasteiger partial charge in [0.15, 0.2) is 5.16 Å². The molecule has 0 atom stereocenters. The van der Waals surface area contributed by atoms with Crippen LogP contribution in [-0.4, -0.2) is 21.2 Å². The smallest absolute Gasteiger partial charge is 0.276 e. The van der Waals surface area contributed by atoms with Gasteiger partial charge in [0.2, 0.25) is 5.91 Å². The molecule has 0 aliphatic carbocycles. The summed E-state index contributed by atoms with van der Waals surface area (Å²) in [6.45, 7) is 0. The second-order valence-electron chi connectivity index (χ2n) is 6.14. The fourth-order valence-electron chi connectivity index (χ4n) is 2.78. The molecule has 2 aromatic carbocycles. The van der Waals surface area contributed by atoms with E-state index in [-0.39, 0.29) is 22.5 Å². The number of rotatable bonds is 5. The van der Waals surface area contributed by atoms with Gasteiger partial charge in [0, 0.05) is 16.8 Å². The molecule has 4 rings (SSSR count). The van der Waals surface area contributed by atoms with Crippen LogP contribution in [-0.2, 0) is 4.79 Å². The van der Waals surface area contributed by atoms with Gasteiger partial charge in [-0.2, -0.15) is 0 Å².